The highest BCUT2D eigenvalue weighted by molar-refractivity contribution is 5.87. The van der Waals surface area contributed by atoms with Crippen molar-refractivity contribution in [2.45, 2.75) is 58.9 Å². The summed E-state index contributed by atoms with van der Waals surface area (Å²) in [5.41, 5.74) is 0.607. The molecule has 0 amide bonds. The Morgan fingerprint density at radius 2 is 1.95 bits per heavy atom. The molecule has 0 radical (unpaired) electrons. The van der Waals surface area contributed by atoms with Gasteiger partial charge >= 0.3 is 5.97 Å². The van der Waals surface area contributed by atoms with Gasteiger partial charge in [0.2, 0.25) is 0 Å². The van der Waals surface area contributed by atoms with Crippen molar-refractivity contribution < 1.29 is 9.53 Å². The van der Waals surface area contributed by atoms with Gasteiger partial charge in [-0.1, -0.05) is 33.1 Å². The molecular formula is C16H26N2O2. The van der Waals surface area contributed by atoms with Crippen LogP contribution < -0.4 is 0 Å². The Labute approximate surface area is 121 Å². The topological polar surface area (TPSA) is 44.1 Å². The molecule has 20 heavy (non-hydrogen) atoms. The fraction of sp³-hybridized carbons (Fsp3) is 0.750. The maximum Gasteiger partial charge on any atom is 0.356 e. The highest BCUT2D eigenvalue weighted by atomic mass is 16.5. The Bertz CT molecular complexity index is 429. The van der Waals surface area contributed by atoms with Crippen molar-refractivity contribution in [3.05, 3.63) is 18.2 Å². The molecule has 0 aromatic carbocycles. The lowest BCUT2D eigenvalue weighted by atomic mass is 9.74. The average Bonchev–Trinajstić information content (AvgIpc) is 2.95. The summed E-state index contributed by atoms with van der Waals surface area (Å²) in [5, 5.41) is 0. The molecule has 4 nitrogen and oxygen atoms in total. The van der Waals surface area contributed by atoms with Crippen LogP contribution in [0, 0.1) is 11.8 Å². The number of hydrogen-bond acceptors (Lipinski definition) is 3. The summed E-state index contributed by atoms with van der Waals surface area (Å²) in [5.74, 6) is 1.02. The van der Waals surface area contributed by atoms with Gasteiger partial charge in [0.15, 0.2) is 0 Å². The monoisotopic (exact) mass is 278 g/mol. The molecule has 2 rings (SSSR count). The summed E-state index contributed by atoms with van der Waals surface area (Å²) in [4.78, 5) is 16.3. The third-order valence-corrected chi connectivity index (χ3v) is 4.64. The summed E-state index contributed by atoms with van der Waals surface area (Å²) < 4.78 is 7.24. The summed E-state index contributed by atoms with van der Waals surface area (Å²) in [6.07, 6.45) is 9.57. The van der Waals surface area contributed by atoms with Crippen molar-refractivity contribution in [1.29, 1.82) is 0 Å². The van der Waals surface area contributed by atoms with Gasteiger partial charge in [-0.15, -0.1) is 0 Å². The minimum absolute atomic E-state index is 0.250. The predicted molar refractivity (Wildman–Crippen MR) is 78.6 cm³/mol. The summed E-state index contributed by atoms with van der Waals surface area (Å²) in [7, 11) is 0. The summed E-state index contributed by atoms with van der Waals surface area (Å²) in [6, 6.07) is 0.389. The molecule has 0 spiro atoms. The normalized spacial score (nSPS) is 26.4. The van der Waals surface area contributed by atoms with Crippen LogP contribution in [0.1, 0.15) is 69.4 Å². The third kappa shape index (κ3) is 2.89. The second-order valence-electron chi connectivity index (χ2n) is 5.66. The minimum Gasteiger partial charge on any atom is -0.461 e. The zero-order valence-corrected chi connectivity index (χ0v) is 12.8. The smallest absolute Gasteiger partial charge is 0.356 e. The molecule has 1 aromatic heterocycles. The van der Waals surface area contributed by atoms with Crippen molar-refractivity contribution in [2.75, 3.05) is 6.61 Å². The molecule has 1 heterocycles. The molecule has 1 aliphatic rings. The third-order valence-electron chi connectivity index (χ3n) is 4.64. The molecule has 2 unspecified atom stereocenters. The number of carbonyl (C=O) groups excluding carboxylic acids is 1. The molecule has 2 atom stereocenters. The van der Waals surface area contributed by atoms with Gasteiger partial charge in [0.25, 0.3) is 0 Å². The molecular weight excluding hydrogens is 252 g/mol. The highest BCUT2D eigenvalue weighted by Gasteiger charge is 2.34. The fourth-order valence-electron chi connectivity index (χ4n) is 3.62. The van der Waals surface area contributed by atoms with E-state index in [-0.39, 0.29) is 5.97 Å². The van der Waals surface area contributed by atoms with Crippen LogP contribution in [0.15, 0.2) is 12.5 Å². The lowest BCUT2D eigenvalue weighted by Crippen LogP contribution is -2.32. The Hall–Kier alpha value is -1.32. The van der Waals surface area contributed by atoms with Crippen LogP contribution in [0.25, 0.3) is 0 Å². The van der Waals surface area contributed by atoms with Gasteiger partial charge in [-0.25, -0.2) is 9.78 Å². The zero-order valence-electron chi connectivity index (χ0n) is 12.8. The zero-order chi connectivity index (χ0) is 14.5. The van der Waals surface area contributed by atoms with E-state index in [9.17, 15) is 4.79 Å². The van der Waals surface area contributed by atoms with Gasteiger partial charge < -0.3 is 9.30 Å². The number of imidazole rings is 1. The number of ether oxygens (including phenoxy) is 1. The molecule has 0 bridgehead atoms. The maximum atomic E-state index is 12.1. The summed E-state index contributed by atoms with van der Waals surface area (Å²) in [6.45, 7) is 6.74. The van der Waals surface area contributed by atoms with Crippen molar-refractivity contribution >= 4 is 5.97 Å². The molecule has 112 valence electrons. The van der Waals surface area contributed by atoms with Crippen LogP contribution in [0.5, 0.6) is 0 Å². The number of esters is 1. The van der Waals surface area contributed by atoms with Gasteiger partial charge in [-0.2, -0.15) is 0 Å². The van der Waals surface area contributed by atoms with E-state index in [4.69, 9.17) is 4.74 Å². The van der Waals surface area contributed by atoms with E-state index in [1.165, 1.54) is 19.3 Å². The molecule has 1 aliphatic carbocycles. The van der Waals surface area contributed by atoms with Crippen LogP contribution in [0.2, 0.25) is 0 Å². The molecule has 1 aromatic rings. The first-order valence-corrected chi connectivity index (χ1v) is 7.91. The van der Waals surface area contributed by atoms with E-state index in [0.29, 0.717) is 30.2 Å². The Balaban J connectivity index is 2.31. The van der Waals surface area contributed by atoms with E-state index in [0.717, 1.165) is 12.8 Å². The average molecular weight is 278 g/mol. The van der Waals surface area contributed by atoms with Crippen LogP contribution in [0.3, 0.4) is 0 Å². The van der Waals surface area contributed by atoms with Gasteiger partial charge in [0.1, 0.15) is 5.69 Å². The Kier molecular flexibility index (Phi) is 5.21. The van der Waals surface area contributed by atoms with E-state index in [2.05, 4.69) is 23.4 Å². The van der Waals surface area contributed by atoms with Crippen molar-refractivity contribution in [3.63, 3.8) is 0 Å². The van der Waals surface area contributed by atoms with Crippen molar-refractivity contribution in [3.8, 4) is 0 Å². The first-order chi connectivity index (χ1) is 9.72. The fourth-order valence-corrected chi connectivity index (χ4v) is 3.62. The lowest BCUT2D eigenvalue weighted by Gasteiger charge is -2.39. The first-order valence-electron chi connectivity index (χ1n) is 7.91. The molecule has 1 saturated carbocycles. The number of carbonyl (C=O) groups is 1. The second-order valence-corrected chi connectivity index (χ2v) is 5.66. The minimum atomic E-state index is -0.250. The van der Waals surface area contributed by atoms with Crippen LogP contribution in [-0.4, -0.2) is 22.1 Å². The van der Waals surface area contributed by atoms with Gasteiger partial charge in [0, 0.05) is 6.04 Å². The van der Waals surface area contributed by atoms with E-state index in [1.54, 1.807) is 6.20 Å². The molecule has 1 fully saturated rings. The largest absolute Gasteiger partial charge is 0.461 e. The molecule has 0 aliphatic heterocycles. The van der Waals surface area contributed by atoms with Crippen molar-refractivity contribution in [2.24, 2.45) is 11.8 Å². The van der Waals surface area contributed by atoms with Gasteiger partial charge in [-0.3, -0.25) is 0 Å². The van der Waals surface area contributed by atoms with Gasteiger partial charge in [-0.05, 0) is 31.6 Å². The molecule has 4 heteroatoms. The van der Waals surface area contributed by atoms with Crippen LogP contribution in [-0.2, 0) is 4.74 Å². The number of nitrogens with zero attached hydrogens (tertiary/aromatic N) is 2. The SMILES string of the molecule is CCOC(=O)c1cncn1C1C(CC)CCCC1CC. The molecule has 0 N–H and O–H groups in total. The quantitative estimate of drug-likeness (QED) is 0.769. The predicted octanol–water partition coefficient (Wildman–Crippen LogP) is 3.84. The first kappa shape index (κ1) is 15.1. The number of aromatic nitrogens is 2. The van der Waals surface area contributed by atoms with E-state index in [1.807, 2.05) is 13.3 Å². The number of rotatable bonds is 5. The van der Waals surface area contributed by atoms with Crippen LogP contribution in [0.4, 0.5) is 0 Å². The number of hydrogen-bond donors (Lipinski definition) is 0. The van der Waals surface area contributed by atoms with E-state index >= 15 is 0 Å². The van der Waals surface area contributed by atoms with Crippen LogP contribution >= 0.6 is 0 Å². The van der Waals surface area contributed by atoms with E-state index < -0.39 is 0 Å². The van der Waals surface area contributed by atoms with Crippen molar-refractivity contribution in [1.82, 2.24) is 9.55 Å². The Morgan fingerprint density at radius 1 is 1.30 bits per heavy atom. The standard InChI is InChI=1S/C16H26N2O2/c1-4-12-8-7-9-13(5-2)15(12)18-11-17-10-14(18)16(19)20-6-3/h10-13,15H,4-9H2,1-3H3. The second kappa shape index (κ2) is 6.91. The Morgan fingerprint density at radius 3 is 2.50 bits per heavy atom. The maximum absolute atomic E-state index is 12.1. The molecule has 0 saturated heterocycles. The highest BCUT2D eigenvalue weighted by Crippen LogP contribution is 2.42. The summed E-state index contributed by atoms with van der Waals surface area (Å²) >= 11 is 0. The van der Waals surface area contributed by atoms with Gasteiger partial charge in [0.05, 0.1) is 19.1 Å². The lowest BCUT2D eigenvalue weighted by molar-refractivity contribution is 0.0497.